The standard InChI is InChI=1S/C23H22NO4P/c1-28-23(27)19-14-16(15-20(24)22(25)26)12-13-21(19)29(17-8-4-2-5-9-17)18-10-6-3-7-11-18/h2-14,20H,15,24H2,1H3,(H,25,26)/t20-/m0/s1. The zero-order valence-electron chi connectivity index (χ0n) is 16.0. The fraction of sp³-hybridized carbons (Fsp3) is 0.130. The minimum atomic E-state index is -1.08. The van der Waals surface area contributed by atoms with E-state index in [0.717, 1.165) is 15.9 Å². The Labute approximate surface area is 170 Å². The third-order valence-corrected chi connectivity index (χ3v) is 7.01. The summed E-state index contributed by atoms with van der Waals surface area (Å²) in [6.07, 6.45) is 0.133. The van der Waals surface area contributed by atoms with Crippen LogP contribution in [0.15, 0.2) is 78.9 Å². The highest BCUT2D eigenvalue weighted by molar-refractivity contribution is 7.80. The quantitative estimate of drug-likeness (QED) is 0.463. The van der Waals surface area contributed by atoms with Crippen LogP contribution >= 0.6 is 7.92 Å². The Morgan fingerprint density at radius 2 is 1.52 bits per heavy atom. The van der Waals surface area contributed by atoms with E-state index in [1.807, 2.05) is 72.8 Å². The van der Waals surface area contributed by atoms with Gasteiger partial charge in [-0.25, -0.2) is 4.79 Å². The molecule has 0 aliphatic rings. The van der Waals surface area contributed by atoms with Gasteiger partial charge < -0.3 is 15.6 Å². The normalized spacial score (nSPS) is 11.8. The summed E-state index contributed by atoms with van der Waals surface area (Å²) in [6, 6.07) is 24.4. The molecule has 0 saturated carbocycles. The zero-order valence-corrected chi connectivity index (χ0v) is 16.9. The number of carboxylic acids is 1. The van der Waals surface area contributed by atoms with Crippen molar-refractivity contribution in [3.63, 3.8) is 0 Å². The molecule has 0 aromatic heterocycles. The lowest BCUT2D eigenvalue weighted by atomic mass is 10.0. The van der Waals surface area contributed by atoms with Gasteiger partial charge in [0.15, 0.2) is 0 Å². The van der Waals surface area contributed by atoms with Crippen molar-refractivity contribution >= 4 is 35.8 Å². The number of aliphatic carboxylic acids is 1. The topological polar surface area (TPSA) is 89.6 Å². The number of carboxylic acid groups (broad SMARTS) is 1. The number of benzene rings is 3. The van der Waals surface area contributed by atoms with Crippen molar-refractivity contribution in [2.75, 3.05) is 7.11 Å². The summed E-state index contributed by atoms with van der Waals surface area (Å²) in [5.74, 6) is -1.53. The van der Waals surface area contributed by atoms with E-state index in [1.165, 1.54) is 7.11 Å². The van der Waals surface area contributed by atoms with Crippen LogP contribution in [-0.4, -0.2) is 30.2 Å². The van der Waals surface area contributed by atoms with Gasteiger partial charge in [0.2, 0.25) is 0 Å². The molecule has 148 valence electrons. The number of methoxy groups -OCH3 is 1. The summed E-state index contributed by atoms with van der Waals surface area (Å²) in [7, 11) is 0.344. The van der Waals surface area contributed by atoms with Crippen LogP contribution in [0.25, 0.3) is 0 Å². The summed E-state index contributed by atoms with van der Waals surface area (Å²) in [4.78, 5) is 23.7. The molecule has 0 spiro atoms. The average Bonchev–Trinajstić information content (AvgIpc) is 2.75. The van der Waals surface area contributed by atoms with Gasteiger partial charge in [-0.2, -0.15) is 0 Å². The molecule has 6 heteroatoms. The molecule has 0 fully saturated rings. The van der Waals surface area contributed by atoms with E-state index in [4.69, 9.17) is 15.6 Å². The van der Waals surface area contributed by atoms with E-state index in [0.29, 0.717) is 11.1 Å². The lowest BCUT2D eigenvalue weighted by Gasteiger charge is -2.22. The van der Waals surface area contributed by atoms with Crippen LogP contribution < -0.4 is 21.6 Å². The molecular weight excluding hydrogens is 385 g/mol. The SMILES string of the molecule is COC(=O)c1cc(C[C@H](N)C(=O)O)ccc1P(c1ccccc1)c1ccccc1. The van der Waals surface area contributed by atoms with Gasteiger partial charge in [0.1, 0.15) is 6.04 Å². The van der Waals surface area contributed by atoms with Crippen LogP contribution in [0.3, 0.4) is 0 Å². The number of nitrogens with two attached hydrogens (primary N) is 1. The predicted molar refractivity (Wildman–Crippen MR) is 116 cm³/mol. The van der Waals surface area contributed by atoms with Crippen LogP contribution in [-0.2, 0) is 16.0 Å². The second-order valence-corrected chi connectivity index (χ2v) is 8.68. The van der Waals surface area contributed by atoms with Gasteiger partial charge >= 0.3 is 11.9 Å². The van der Waals surface area contributed by atoms with Crippen molar-refractivity contribution in [1.29, 1.82) is 0 Å². The lowest BCUT2D eigenvalue weighted by Crippen LogP contribution is -2.32. The number of ether oxygens (including phenoxy) is 1. The molecular formula is C23H22NO4P. The van der Waals surface area contributed by atoms with Crippen molar-refractivity contribution in [1.82, 2.24) is 0 Å². The summed E-state index contributed by atoms with van der Waals surface area (Å²) >= 11 is 0. The molecule has 1 atom stereocenters. The first-order chi connectivity index (χ1) is 14.0. The van der Waals surface area contributed by atoms with Gasteiger partial charge in [0.05, 0.1) is 12.7 Å². The Morgan fingerprint density at radius 1 is 0.966 bits per heavy atom. The number of rotatable bonds is 7. The molecule has 0 unspecified atom stereocenters. The average molecular weight is 407 g/mol. The third kappa shape index (κ3) is 4.89. The molecule has 0 saturated heterocycles. The first-order valence-electron chi connectivity index (χ1n) is 9.11. The van der Waals surface area contributed by atoms with E-state index in [2.05, 4.69) is 0 Å². The van der Waals surface area contributed by atoms with Crippen LogP contribution in [0.1, 0.15) is 15.9 Å². The monoisotopic (exact) mass is 407 g/mol. The Kier molecular flexibility index (Phi) is 6.76. The molecule has 0 amide bonds. The van der Waals surface area contributed by atoms with Crippen molar-refractivity contribution < 1.29 is 19.4 Å². The maximum absolute atomic E-state index is 12.6. The molecule has 0 bridgehead atoms. The molecule has 29 heavy (non-hydrogen) atoms. The lowest BCUT2D eigenvalue weighted by molar-refractivity contribution is -0.138. The molecule has 3 rings (SSSR count). The van der Waals surface area contributed by atoms with Crippen molar-refractivity contribution in [2.24, 2.45) is 5.73 Å². The Morgan fingerprint density at radius 3 is 2.00 bits per heavy atom. The largest absolute Gasteiger partial charge is 0.480 e. The Bertz CT molecular complexity index is 953. The summed E-state index contributed by atoms with van der Waals surface area (Å²) in [5, 5.41) is 12.2. The second kappa shape index (κ2) is 9.46. The number of carbonyl (C=O) groups excluding carboxylic acids is 1. The fourth-order valence-electron chi connectivity index (χ4n) is 3.10. The predicted octanol–water partition coefficient (Wildman–Crippen LogP) is 2.19. The summed E-state index contributed by atoms with van der Waals surface area (Å²) in [5.41, 5.74) is 6.79. The van der Waals surface area contributed by atoms with E-state index in [1.54, 1.807) is 6.07 Å². The first-order valence-corrected chi connectivity index (χ1v) is 10.4. The van der Waals surface area contributed by atoms with Gasteiger partial charge in [-0.3, -0.25) is 4.79 Å². The van der Waals surface area contributed by atoms with Gasteiger partial charge in [-0.15, -0.1) is 0 Å². The molecule has 0 aliphatic heterocycles. The zero-order chi connectivity index (χ0) is 20.8. The second-order valence-electron chi connectivity index (χ2n) is 6.50. The van der Waals surface area contributed by atoms with E-state index in [9.17, 15) is 9.59 Å². The Balaban J connectivity index is 2.14. The van der Waals surface area contributed by atoms with E-state index >= 15 is 0 Å². The highest BCUT2D eigenvalue weighted by Crippen LogP contribution is 2.34. The molecule has 3 aromatic rings. The summed E-state index contributed by atoms with van der Waals surface area (Å²) in [6.45, 7) is 0. The third-order valence-electron chi connectivity index (χ3n) is 4.51. The molecule has 3 N–H and O–H groups in total. The first kappa shape index (κ1) is 20.7. The van der Waals surface area contributed by atoms with Crippen LogP contribution in [0, 0.1) is 0 Å². The maximum atomic E-state index is 12.6. The van der Waals surface area contributed by atoms with Gasteiger partial charge in [-0.1, -0.05) is 72.8 Å². The van der Waals surface area contributed by atoms with Gasteiger partial charge in [0.25, 0.3) is 0 Å². The molecule has 3 aromatic carbocycles. The van der Waals surface area contributed by atoms with Gasteiger partial charge in [0, 0.05) is 0 Å². The van der Waals surface area contributed by atoms with Crippen molar-refractivity contribution in [3.8, 4) is 0 Å². The number of hydrogen-bond donors (Lipinski definition) is 2. The number of hydrogen-bond acceptors (Lipinski definition) is 4. The van der Waals surface area contributed by atoms with Crippen molar-refractivity contribution in [3.05, 3.63) is 90.0 Å². The van der Waals surface area contributed by atoms with Gasteiger partial charge in [-0.05, 0) is 41.9 Å². The van der Waals surface area contributed by atoms with Crippen LogP contribution in [0.5, 0.6) is 0 Å². The molecule has 0 aliphatic carbocycles. The van der Waals surface area contributed by atoms with E-state index in [-0.39, 0.29) is 6.42 Å². The molecule has 0 radical (unpaired) electrons. The minimum absolute atomic E-state index is 0.133. The highest BCUT2D eigenvalue weighted by atomic mass is 31.1. The molecule has 5 nitrogen and oxygen atoms in total. The van der Waals surface area contributed by atoms with E-state index < -0.39 is 25.9 Å². The smallest absolute Gasteiger partial charge is 0.338 e. The van der Waals surface area contributed by atoms with Crippen molar-refractivity contribution in [2.45, 2.75) is 12.5 Å². The number of carbonyl (C=O) groups is 2. The maximum Gasteiger partial charge on any atom is 0.338 e. The number of esters is 1. The van der Waals surface area contributed by atoms with Crippen LogP contribution in [0.4, 0.5) is 0 Å². The van der Waals surface area contributed by atoms with Crippen LogP contribution in [0.2, 0.25) is 0 Å². The fourth-order valence-corrected chi connectivity index (χ4v) is 5.52. The minimum Gasteiger partial charge on any atom is -0.480 e. The summed E-state index contributed by atoms with van der Waals surface area (Å²) < 4.78 is 5.03. The highest BCUT2D eigenvalue weighted by Gasteiger charge is 2.24. The Hall–Kier alpha value is -3.01. The molecule has 0 heterocycles.